The molecule has 0 fully saturated rings. The van der Waals surface area contributed by atoms with Crippen LogP contribution in [0.25, 0.3) is 0 Å². The maximum atomic E-state index is 5.92. The molecule has 0 amide bonds. The summed E-state index contributed by atoms with van der Waals surface area (Å²) in [5.41, 5.74) is 1.54. The van der Waals surface area contributed by atoms with Crippen LogP contribution in [0.15, 0.2) is 23.2 Å². The van der Waals surface area contributed by atoms with Crippen molar-refractivity contribution in [3.63, 3.8) is 0 Å². The van der Waals surface area contributed by atoms with E-state index in [1.165, 1.54) is 4.42 Å². The number of nitrogens with zero attached hydrogens (tertiary/aromatic N) is 2. The van der Waals surface area contributed by atoms with Crippen LogP contribution in [-0.2, 0) is 0 Å². The van der Waals surface area contributed by atoms with E-state index < -0.39 is 0 Å². The van der Waals surface area contributed by atoms with Crippen molar-refractivity contribution in [1.82, 2.24) is 0 Å². The van der Waals surface area contributed by atoms with E-state index in [9.17, 15) is 0 Å². The second-order valence-corrected chi connectivity index (χ2v) is 3.92. The summed E-state index contributed by atoms with van der Waals surface area (Å²) in [6.45, 7) is 0.413. The van der Waals surface area contributed by atoms with Gasteiger partial charge in [0.05, 0.1) is 17.9 Å². The Bertz CT molecular complexity index is 376. The Morgan fingerprint density at radius 1 is 1.31 bits per heavy atom. The molecule has 68 valence electrons. The topological polar surface area (TPSA) is 15.6 Å². The molecule has 0 aromatic heterocycles. The molecule has 2 nitrogen and oxygen atoms in total. The molecule has 1 aliphatic rings. The molecule has 1 heterocycles. The minimum absolute atomic E-state index is 0.413. The third kappa shape index (κ3) is 1.75. The summed E-state index contributed by atoms with van der Waals surface area (Å²) >= 11 is 17.5. The lowest BCUT2D eigenvalue weighted by Gasteiger charge is -2.21. The fraction of sp³-hybridized carbons (Fsp3) is 0.125. The summed E-state index contributed by atoms with van der Waals surface area (Å²) in [6, 6.07) is 5.30. The Hall–Kier alpha value is -0.440. The second kappa shape index (κ2) is 3.37. The second-order valence-electron chi connectivity index (χ2n) is 2.64. The third-order valence-corrected chi connectivity index (χ3v) is 2.45. The van der Waals surface area contributed by atoms with Gasteiger partial charge in [-0.2, -0.15) is 0 Å². The number of halogens is 3. The number of aliphatic imine (C=N–C) groups is 1. The van der Waals surface area contributed by atoms with Crippen LogP contribution in [0.1, 0.15) is 0 Å². The highest BCUT2D eigenvalue weighted by molar-refractivity contribution is 6.67. The molecule has 0 unspecified atom stereocenters. The molecule has 1 aromatic rings. The minimum atomic E-state index is 0.413. The summed E-state index contributed by atoms with van der Waals surface area (Å²) in [5.74, 6) is 0. The molecule has 0 saturated carbocycles. The summed E-state index contributed by atoms with van der Waals surface area (Å²) in [6.07, 6.45) is 0. The van der Waals surface area contributed by atoms with E-state index in [1.807, 2.05) is 0 Å². The lowest BCUT2D eigenvalue weighted by atomic mass is 10.2. The number of hydrogen-bond donors (Lipinski definition) is 0. The van der Waals surface area contributed by atoms with Crippen LogP contribution in [0, 0.1) is 0 Å². The fourth-order valence-electron chi connectivity index (χ4n) is 1.15. The predicted molar refractivity (Wildman–Crippen MR) is 57.6 cm³/mol. The van der Waals surface area contributed by atoms with Gasteiger partial charge in [0.1, 0.15) is 5.17 Å². The largest absolute Gasteiger partial charge is 0.276 e. The van der Waals surface area contributed by atoms with Gasteiger partial charge in [-0.05, 0) is 18.2 Å². The molecule has 0 N–H and O–H groups in total. The highest BCUT2D eigenvalue weighted by Crippen LogP contribution is 2.35. The quantitative estimate of drug-likeness (QED) is 0.628. The average Bonchev–Trinajstić information content (AvgIpc) is 2.06. The zero-order valence-electron chi connectivity index (χ0n) is 6.47. The van der Waals surface area contributed by atoms with Crippen molar-refractivity contribution in [2.75, 3.05) is 11.0 Å². The maximum absolute atomic E-state index is 5.92. The number of rotatable bonds is 0. The van der Waals surface area contributed by atoms with Gasteiger partial charge >= 0.3 is 0 Å². The Kier molecular flexibility index (Phi) is 2.37. The predicted octanol–water partition coefficient (Wildman–Crippen LogP) is 3.58. The first kappa shape index (κ1) is 9.13. The monoisotopic (exact) mass is 234 g/mol. The van der Waals surface area contributed by atoms with E-state index in [1.54, 1.807) is 18.2 Å². The van der Waals surface area contributed by atoms with Gasteiger partial charge in [-0.15, -0.1) is 0 Å². The molecule has 2 rings (SSSR count). The summed E-state index contributed by atoms with van der Waals surface area (Å²) < 4.78 is 1.50. The van der Waals surface area contributed by atoms with Crippen molar-refractivity contribution in [3.05, 3.63) is 23.2 Å². The van der Waals surface area contributed by atoms with Gasteiger partial charge in [0.15, 0.2) is 0 Å². The Labute approximate surface area is 90.8 Å². The lowest BCUT2D eigenvalue weighted by molar-refractivity contribution is 1.20. The molecular weight excluding hydrogens is 230 g/mol. The highest BCUT2D eigenvalue weighted by Gasteiger charge is 2.16. The number of anilines is 1. The lowest BCUT2D eigenvalue weighted by Crippen LogP contribution is -2.20. The van der Waals surface area contributed by atoms with Crippen LogP contribution in [0.3, 0.4) is 0 Å². The van der Waals surface area contributed by atoms with Gasteiger partial charge in [-0.3, -0.25) is 4.42 Å². The zero-order valence-corrected chi connectivity index (χ0v) is 8.74. The van der Waals surface area contributed by atoms with E-state index in [0.29, 0.717) is 16.7 Å². The van der Waals surface area contributed by atoms with Gasteiger partial charge < -0.3 is 0 Å². The molecule has 0 atom stereocenters. The number of fused-ring (bicyclic) bond motifs is 1. The van der Waals surface area contributed by atoms with Crippen molar-refractivity contribution >= 4 is 51.5 Å². The van der Waals surface area contributed by atoms with Gasteiger partial charge in [0.25, 0.3) is 0 Å². The van der Waals surface area contributed by atoms with E-state index >= 15 is 0 Å². The van der Waals surface area contributed by atoms with Crippen LogP contribution in [-0.4, -0.2) is 11.7 Å². The van der Waals surface area contributed by atoms with Crippen molar-refractivity contribution < 1.29 is 0 Å². The normalized spacial score (nSPS) is 15.3. The molecule has 13 heavy (non-hydrogen) atoms. The SMILES string of the molecule is ClC1=Nc2ccc(Cl)cc2N(Cl)C1. The van der Waals surface area contributed by atoms with Crippen molar-refractivity contribution in [3.8, 4) is 0 Å². The molecule has 1 aliphatic heterocycles. The van der Waals surface area contributed by atoms with Crippen molar-refractivity contribution in [2.45, 2.75) is 0 Å². The van der Waals surface area contributed by atoms with Gasteiger partial charge in [0.2, 0.25) is 0 Å². The van der Waals surface area contributed by atoms with Crippen molar-refractivity contribution in [2.24, 2.45) is 4.99 Å². The smallest absolute Gasteiger partial charge is 0.127 e. The van der Waals surface area contributed by atoms with E-state index in [-0.39, 0.29) is 0 Å². The highest BCUT2D eigenvalue weighted by atomic mass is 35.5. The van der Waals surface area contributed by atoms with E-state index in [0.717, 1.165) is 11.4 Å². The molecule has 5 heteroatoms. The molecule has 0 saturated heterocycles. The Morgan fingerprint density at radius 2 is 2.08 bits per heavy atom. The third-order valence-electron chi connectivity index (χ3n) is 1.71. The summed E-state index contributed by atoms with van der Waals surface area (Å²) in [4.78, 5) is 4.13. The molecule has 0 radical (unpaired) electrons. The number of hydrogen-bond acceptors (Lipinski definition) is 2. The summed E-state index contributed by atoms with van der Waals surface area (Å²) in [5, 5.41) is 1.11. The van der Waals surface area contributed by atoms with Gasteiger partial charge in [-0.1, -0.05) is 23.2 Å². The fourth-order valence-corrected chi connectivity index (χ4v) is 1.84. The van der Waals surface area contributed by atoms with Gasteiger partial charge in [0, 0.05) is 16.8 Å². The Balaban J connectivity index is 2.56. The molecule has 0 aliphatic carbocycles. The zero-order chi connectivity index (χ0) is 9.42. The van der Waals surface area contributed by atoms with Crippen LogP contribution in [0.5, 0.6) is 0 Å². The first-order chi connectivity index (χ1) is 6.16. The average molecular weight is 236 g/mol. The first-order valence-corrected chi connectivity index (χ1v) is 4.72. The van der Waals surface area contributed by atoms with Gasteiger partial charge in [-0.25, -0.2) is 4.99 Å². The van der Waals surface area contributed by atoms with Crippen LogP contribution >= 0.6 is 35.0 Å². The minimum Gasteiger partial charge on any atom is -0.276 e. The number of benzene rings is 1. The molecular formula is C8H5Cl3N2. The summed E-state index contributed by atoms with van der Waals surface area (Å²) in [7, 11) is 0. The standard InChI is InChI=1S/C8H5Cl3N2/c9-5-1-2-6-7(3-5)13(11)4-8(10)12-6/h1-3H,4H2. The Morgan fingerprint density at radius 3 is 2.85 bits per heavy atom. The maximum Gasteiger partial charge on any atom is 0.127 e. The first-order valence-electron chi connectivity index (χ1n) is 3.63. The molecule has 1 aromatic carbocycles. The molecule has 0 spiro atoms. The van der Waals surface area contributed by atoms with Crippen LogP contribution in [0.2, 0.25) is 5.02 Å². The van der Waals surface area contributed by atoms with Crippen molar-refractivity contribution in [1.29, 1.82) is 0 Å². The molecule has 0 bridgehead atoms. The van der Waals surface area contributed by atoms with E-state index in [2.05, 4.69) is 4.99 Å². The van der Waals surface area contributed by atoms with Crippen LogP contribution in [0.4, 0.5) is 11.4 Å². The van der Waals surface area contributed by atoms with E-state index in [4.69, 9.17) is 35.0 Å². The van der Waals surface area contributed by atoms with Crippen LogP contribution < -0.4 is 4.42 Å².